The molecule has 2 N–H and O–H groups in total. The maximum atomic E-state index is 12.1. The predicted octanol–water partition coefficient (Wildman–Crippen LogP) is 3.35. The molecule has 3 aliphatic rings. The van der Waals surface area contributed by atoms with Crippen LogP contribution in [0, 0.1) is 23.7 Å². The average molecular weight is 298 g/mol. The Morgan fingerprint density at radius 1 is 1.05 bits per heavy atom. The number of benzene rings is 1. The Morgan fingerprint density at radius 2 is 1.86 bits per heavy atom. The van der Waals surface area contributed by atoms with Gasteiger partial charge in [0.15, 0.2) is 0 Å². The van der Waals surface area contributed by atoms with Gasteiger partial charge in [0.25, 0.3) is 0 Å². The smallest absolute Gasteiger partial charge is 0.315 e. The number of rotatable bonds is 4. The van der Waals surface area contributed by atoms with Crippen LogP contribution in [0.15, 0.2) is 30.3 Å². The second-order valence-corrected chi connectivity index (χ2v) is 7.40. The molecule has 3 nitrogen and oxygen atoms in total. The Balaban J connectivity index is 1.23. The van der Waals surface area contributed by atoms with E-state index in [2.05, 4.69) is 22.8 Å². The van der Waals surface area contributed by atoms with E-state index in [0.717, 1.165) is 30.1 Å². The van der Waals surface area contributed by atoms with Gasteiger partial charge in [-0.3, -0.25) is 0 Å². The maximum Gasteiger partial charge on any atom is 0.315 e. The molecule has 1 aromatic carbocycles. The fraction of sp³-hybridized carbons (Fsp3) is 0.632. The minimum absolute atomic E-state index is 0.0306. The lowest BCUT2D eigenvalue weighted by atomic mass is 9.79. The summed E-state index contributed by atoms with van der Waals surface area (Å²) in [4.78, 5) is 12.1. The van der Waals surface area contributed by atoms with Crippen molar-refractivity contribution in [1.29, 1.82) is 0 Å². The Hall–Kier alpha value is -1.51. The summed E-state index contributed by atoms with van der Waals surface area (Å²) < 4.78 is 0. The molecule has 1 aromatic rings. The average Bonchev–Trinajstić information content (AvgIpc) is 3.20. The fourth-order valence-electron chi connectivity index (χ4n) is 5.42. The van der Waals surface area contributed by atoms with Crippen molar-refractivity contribution in [1.82, 2.24) is 10.6 Å². The van der Waals surface area contributed by atoms with Gasteiger partial charge in [0.1, 0.15) is 0 Å². The van der Waals surface area contributed by atoms with Crippen LogP contribution in [0.3, 0.4) is 0 Å². The van der Waals surface area contributed by atoms with Crippen LogP contribution in [0.5, 0.6) is 0 Å². The molecular formula is C19H26N2O. The third-order valence-electron chi connectivity index (χ3n) is 6.29. The van der Waals surface area contributed by atoms with Gasteiger partial charge in [-0.2, -0.15) is 0 Å². The number of hydrogen-bond acceptors (Lipinski definition) is 1. The molecule has 22 heavy (non-hydrogen) atoms. The molecule has 4 rings (SSSR count). The third kappa shape index (κ3) is 2.62. The van der Waals surface area contributed by atoms with Gasteiger partial charge >= 0.3 is 6.03 Å². The topological polar surface area (TPSA) is 41.1 Å². The first kappa shape index (κ1) is 14.1. The lowest BCUT2D eigenvalue weighted by molar-refractivity contribution is 0.198. The first-order chi connectivity index (χ1) is 10.8. The van der Waals surface area contributed by atoms with Crippen LogP contribution in [0.25, 0.3) is 0 Å². The zero-order valence-corrected chi connectivity index (χ0v) is 13.1. The van der Waals surface area contributed by atoms with Crippen molar-refractivity contribution < 1.29 is 4.79 Å². The van der Waals surface area contributed by atoms with Crippen LogP contribution in [0.1, 0.15) is 37.7 Å². The van der Waals surface area contributed by atoms with E-state index in [9.17, 15) is 4.79 Å². The molecule has 0 aliphatic heterocycles. The summed E-state index contributed by atoms with van der Waals surface area (Å²) in [6.45, 7) is 0.711. The molecule has 3 saturated carbocycles. The number of nitrogens with one attached hydrogen (secondary N) is 2. The molecule has 3 aliphatic carbocycles. The number of hydrogen-bond donors (Lipinski definition) is 2. The normalized spacial score (nSPS) is 35.4. The van der Waals surface area contributed by atoms with Crippen molar-refractivity contribution in [2.24, 2.45) is 23.7 Å². The molecular weight excluding hydrogens is 272 g/mol. The van der Waals surface area contributed by atoms with Crippen molar-refractivity contribution in [3.8, 4) is 0 Å². The molecule has 5 atom stereocenters. The van der Waals surface area contributed by atoms with Crippen LogP contribution >= 0.6 is 0 Å². The summed E-state index contributed by atoms with van der Waals surface area (Å²) in [6.07, 6.45) is 7.75. The quantitative estimate of drug-likeness (QED) is 0.879. The van der Waals surface area contributed by atoms with Crippen molar-refractivity contribution in [2.75, 3.05) is 6.54 Å². The highest BCUT2D eigenvalue weighted by Crippen LogP contribution is 2.58. The van der Waals surface area contributed by atoms with Crippen LogP contribution in [-0.4, -0.2) is 18.6 Å². The van der Waals surface area contributed by atoms with E-state index in [1.165, 1.54) is 37.7 Å². The van der Waals surface area contributed by atoms with Gasteiger partial charge in [-0.1, -0.05) is 36.8 Å². The van der Waals surface area contributed by atoms with Gasteiger partial charge in [0.2, 0.25) is 0 Å². The Kier molecular flexibility index (Phi) is 3.81. The summed E-state index contributed by atoms with van der Waals surface area (Å²) in [5.41, 5.74) is 1.27. The van der Waals surface area contributed by atoms with E-state index in [-0.39, 0.29) is 6.03 Å². The standard InChI is InChI=1S/C19H26N2O/c22-19(20-10-9-13-5-2-1-3-6-13)21-18-12-14-11-17(18)16-8-4-7-15(14)16/h1-3,5-6,14-18H,4,7-12H2,(H2,20,21,22)/t14-,15+,16+,17+,18-/m1/s1. The van der Waals surface area contributed by atoms with E-state index in [1.807, 2.05) is 18.2 Å². The number of amides is 2. The fourth-order valence-corrected chi connectivity index (χ4v) is 5.42. The molecule has 2 amide bonds. The minimum Gasteiger partial charge on any atom is -0.338 e. The summed E-state index contributed by atoms with van der Waals surface area (Å²) in [7, 11) is 0. The first-order valence-electron chi connectivity index (χ1n) is 8.89. The highest BCUT2D eigenvalue weighted by atomic mass is 16.2. The second-order valence-electron chi connectivity index (χ2n) is 7.40. The van der Waals surface area contributed by atoms with Gasteiger partial charge in [-0.25, -0.2) is 4.79 Å². The number of fused-ring (bicyclic) bond motifs is 5. The zero-order valence-electron chi connectivity index (χ0n) is 13.1. The van der Waals surface area contributed by atoms with Gasteiger partial charge in [-0.15, -0.1) is 0 Å². The van der Waals surface area contributed by atoms with E-state index >= 15 is 0 Å². The van der Waals surface area contributed by atoms with E-state index in [4.69, 9.17) is 0 Å². The molecule has 0 saturated heterocycles. The highest BCUT2D eigenvalue weighted by molar-refractivity contribution is 5.74. The predicted molar refractivity (Wildman–Crippen MR) is 87.5 cm³/mol. The number of urea groups is 1. The van der Waals surface area contributed by atoms with Crippen molar-refractivity contribution >= 4 is 6.03 Å². The zero-order chi connectivity index (χ0) is 14.9. The van der Waals surface area contributed by atoms with Crippen LogP contribution in [0.2, 0.25) is 0 Å². The number of carbonyl (C=O) groups is 1. The molecule has 0 heterocycles. The van der Waals surface area contributed by atoms with Gasteiger partial charge < -0.3 is 10.6 Å². The Labute approximate surface area is 132 Å². The molecule has 118 valence electrons. The van der Waals surface area contributed by atoms with E-state index in [1.54, 1.807) is 0 Å². The largest absolute Gasteiger partial charge is 0.338 e. The lowest BCUT2D eigenvalue weighted by Crippen LogP contribution is -2.47. The van der Waals surface area contributed by atoms with Crippen molar-refractivity contribution in [2.45, 2.75) is 44.6 Å². The third-order valence-corrected chi connectivity index (χ3v) is 6.29. The van der Waals surface area contributed by atoms with E-state index < -0.39 is 0 Å². The van der Waals surface area contributed by atoms with Gasteiger partial charge in [-0.05, 0) is 61.3 Å². The SMILES string of the molecule is O=C(NCCc1ccccc1)N[C@@H]1C[C@H]2C[C@H]1[C@H]1CCC[C@@H]21. The monoisotopic (exact) mass is 298 g/mol. The van der Waals surface area contributed by atoms with E-state index in [0.29, 0.717) is 12.6 Å². The maximum absolute atomic E-state index is 12.1. The van der Waals surface area contributed by atoms with Crippen molar-refractivity contribution in [3.63, 3.8) is 0 Å². The highest BCUT2D eigenvalue weighted by Gasteiger charge is 2.53. The molecule has 3 fully saturated rings. The van der Waals surface area contributed by atoms with Gasteiger partial charge in [0, 0.05) is 12.6 Å². The molecule has 2 bridgehead atoms. The Morgan fingerprint density at radius 3 is 2.73 bits per heavy atom. The lowest BCUT2D eigenvalue weighted by Gasteiger charge is -2.32. The molecule has 0 aromatic heterocycles. The van der Waals surface area contributed by atoms with Crippen LogP contribution in [0.4, 0.5) is 4.79 Å². The molecule has 3 heteroatoms. The summed E-state index contributed by atoms with van der Waals surface area (Å²) in [5.74, 6) is 3.56. The van der Waals surface area contributed by atoms with Crippen molar-refractivity contribution in [3.05, 3.63) is 35.9 Å². The van der Waals surface area contributed by atoms with Gasteiger partial charge in [0.05, 0.1) is 0 Å². The Bertz CT molecular complexity index is 529. The second kappa shape index (κ2) is 5.94. The summed E-state index contributed by atoms with van der Waals surface area (Å²) in [6, 6.07) is 10.8. The number of carbonyl (C=O) groups excluding carboxylic acids is 1. The summed E-state index contributed by atoms with van der Waals surface area (Å²) in [5, 5.41) is 6.29. The molecule has 0 unspecified atom stereocenters. The molecule has 0 radical (unpaired) electrons. The minimum atomic E-state index is 0.0306. The first-order valence-corrected chi connectivity index (χ1v) is 8.89. The van der Waals surface area contributed by atoms with Crippen LogP contribution < -0.4 is 10.6 Å². The van der Waals surface area contributed by atoms with Crippen LogP contribution in [-0.2, 0) is 6.42 Å². The summed E-state index contributed by atoms with van der Waals surface area (Å²) >= 11 is 0. The molecule has 0 spiro atoms.